The molecule has 2 rings (SSSR count). The van der Waals surface area contributed by atoms with Gasteiger partial charge in [-0.05, 0) is 36.4 Å². The SMILES string of the molecule is N/C(=N\OC(=O)c1cccc(C(F)(F)F)c1)c1ccc(Cl)cc1Cl. The molecule has 0 spiro atoms. The van der Waals surface area contributed by atoms with Gasteiger partial charge in [0.15, 0.2) is 5.84 Å². The summed E-state index contributed by atoms with van der Waals surface area (Å²) in [6.45, 7) is 0. The minimum Gasteiger partial charge on any atom is -0.380 e. The van der Waals surface area contributed by atoms with E-state index in [9.17, 15) is 18.0 Å². The fourth-order valence-corrected chi connectivity index (χ4v) is 2.22. The van der Waals surface area contributed by atoms with Gasteiger partial charge in [-0.15, -0.1) is 0 Å². The molecule has 0 amide bonds. The zero-order valence-corrected chi connectivity index (χ0v) is 13.3. The molecule has 9 heteroatoms. The molecule has 0 aliphatic rings. The third-order valence-electron chi connectivity index (χ3n) is 2.86. The number of nitrogens with two attached hydrogens (primary N) is 1. The van der Waals surface area contributed by atoms with Gasteiger partial charge in [-0.3, -0.25) is 0 Å². The van der Waals surface area contributed by atoms with E-state index in [1.165, 1.54) is 24.3 Å². The predicted molar refractivity (Wildman–Crippen MR) is 84.0 cm³/mol. The zero-order valence-electron chi connectivity index (χ0n) is 11.8. The van der Waals surface area contributed by atoms with Crippen LogP contribution in [0.4, 0.5) is 13.2 Å². The molecule has 4 nitrogen and oxygen atoms in total. The molecule has 0 aliphatic heterocycles. The quantitative estimate of drug-likeness (QED) is 0.371. The number of hydrogen-bond donors (Lipinski definition) is 1. The van der Waals surface area contributed by atoms with Crippen LogP contribution in [-0.2, 0) is 11.0 Å². The summed E-state index contributed by atoms with van der Waals surface area (Å²) < 4.78 is 37.9. The van der Waals surface area contributed by atoms with Crippen LogP contribution in [0.25, 0.3) is 0 Å². The minimum absolute atomic E-state index is 0.180. The first-order valence-corrected chi connectivity index (χ1v) is 7.11. The van der Waals surface area contributed by atoms with E-state index in [0.29, 0.717) is 11.1 Å². The van der Waals surface area contributed by atoms with Gasteiger partial charge in [0.05, 0.1) is 16.1 Å². The van der Waals surface area contributed by atoms with E-state index in [0.717, 1.165) is 12.1 Å². The van der Waals surface area contributed by atoms with Gasteiger partial charge in [0.1, 0.15) is 0 Å². The van der Waals surface area contributed by atoms with Crippen molar-refractivity contribution in [3.63, 3.8) is 0 Å². The highest BCUT2D eigenvalue weighted by atomic mass is 35.5. The van der Waals surface area contributed by atoms with Crippen molar-refractivity contribution in [1.29, 1.82) is 0 Å². The van der Waals surface area contributed by atoms with Crippen molar-refractivity contribution in [2.45, 2.75) is 6.18 Å². The Kier molecular flexibility index (Phi) is 5.36. The number of nitrogens with zero attached hydrogens (tertiary/aromatic N) is 1. The van der Waals surface area contributed by atoms with Gasteiger partial charge in [-0.1, -0.05) is 34.4 Å². The van der Waals surface area contributed by atoms with Gasteiger partial charge < -0.3 is 10.6 Å². The highest BCUT2D eigenvalue weighted by Crippen LogP contribution is 2.29. The summed E-state index contributed by atoms with van der Waals surface area (Å²) in [4.78, 5) is 16.4. The van der Waals surface area contributed by atoms with Crippen LogP contribution < -0.4 is 5.73 Å². The Morgan fingerprint density at radius 2 is 1.83 bits per heavy atom. The highest BCUT2D eigenvalue weighted by molar-refractivity contribution is 6.36. The van der Waals surface area contributed by atoms with Gasteiger partial charge in [0, 0.05) is 10.6 Å². The lowest BCUT2D eigenvalue weighted by molar-refractivity contribution is -0.137. The van der Waals surface area contributed by atoms with E-state index in [-0.39, 0.29) is 22.0 Å². The molecule has 126 valence electrons. The molecule has 2 aromatic carbocycles. The van der Waals surface area contributed by atoms with Crippen molar-refractivity contribution >= 4 is 35.0 Å². The molecular formula is C15H9Cl2F3N2O2. The summed E-state index contributed by atoms with van der Waals surface area (Å²) in [5, 5.41) is 3.94. The van der Waals surface area contributed by atoms with E-state index in [2.05, 4.69) is 9.99 Å². The van der Waals surface area contributed by atoms with Crippen LogP contribution in [0.2, 0.25) is 10.0 Å². The topological polar surface area (TPSA) is 64.7 Å². The number of carbonyl (C=O) groups excluding carboxylic acids is 1. The zero-order chi connectivity index (χ0) is 17.9. The number of amidine groups is 1. The molecule has 0 unspecified atom stereocenters. The lowest BCUT2D eigenvalue weighted by Gasteiger charge is -2.07. The average Bonchev–Trinajstić information content (AvgIpc) is 2.51. The number of rotatable bonds is 3. The number of halogens is 5. The predicted octanol–water partition coefficient (Wildman–Crippen LogP) is 4.49. The van der Waals surface area contributed by atoms with Crippen LogP contribution in [0.3, 0.4) is 0 Å². The van der Waals surface area contributed by atoms with Crippen molar-refractivity contribution in [3.8, 4) is 0 Å². The smallest absolute Gasteiger partial charge is 0.380 e. The molecule has 2 N–H and O–H groups in total. The first-order valence-electron chi connectivity index (χ1n) is 6.36. The number of carbonyl (C=O) groups is 1. The summed E-state index contributed by atoms with van der Waals surface area (Å²) in [7, 11) is 0. The molecule has 0 aliphatic carbocycles. The molecule has 0 saturated heterocycles. The molecule has 0 heterocycles. The second kappa shape index (κ2) is 7.11. The highest BCUT2D eigenvalue weighted by Gasteiger charge is 2.31. The largest absolute Gasteiger partial charge is 0.416 e. The Labute approximate surface area is 144 Å². The number of alkyl halides is 3. The van der Waals surface area contributed by atoms with Gasteiger partial charge in [-0.25, -0.2) is 4.79 Å². The molecule has 0 bridgehead atoms. The van der Waals surface area contributed by atoms with Gasteiger partial charge in [0.25, 0.3) is 0 Å². The average molecular weight is 377 g/mol. The van der Waals surface area contributed by atoms with Crippen molar-refractivity contribution in [2.75, 3.05) is 0 Å². The Balaban J connectivity index is 2.18. The molecule has 2 aromatic rings. The van der Waals surface area contributed by atoms with Crippen molar-refractivity contribution in [1.82, 2.24) is 0 Å². The molecule has 0 atom stereocenters. The van der Waals surface area contributed by atoms with E-state index in [1.54, 1.807) is 0 Å². The van der Waals surface area contributed by atoms with E-state index >= 15 is 0 Å². The third-order valence-corrected chi connectivity index (χ3v) is 3.41. The van der Waals surface area contributed by atoms with Crippen LogP contribution in [0, 0.1) is 0 Å². The fourth-order valence-electron chi connectivity index (χ4n) is 1.71. The van der Waals surface area contributed by atoms with Crippen LogP contribution in [0.5, 0.6) is 0 Å². The van der Waals surface area contributed by atoms with Crippen molar-refractivity contribution < 1.29 is 22.8 Å². The summed E-state index contributed by atoms with van der Waals surface area (Å²) >= 11 is 11.7. The summed E-state index contributed by atoms with van der Waals surface area (Å²) in [6.07, 6.45) is -4.57. The van der Waals surface area contributed by atoms with Gasteiger partial charge >= 0.3 is 12.1 Å². The molecule has 0 fully saturated rings. The van der Waals surface area contributed by atoms with Gasteiger partial charge in [0.2, 0.25) is 0 Å². The summed E-state index contributed by atoms with van der Waals surface area (Å²) in [5.74, 6) is -1.31. The van der Waals surface area contributed by atoms with Crippen LogP contribution >= 0.6 is 23.2 Å². The maximum Gasteiger partial charge on any atom is 0.416 e. The molecule has 0 radical (unpaired) electrons. The third kappa shape index (κ3) is 4.39. The minimum atomic E-state index is -4.57. The van der Waals surface area contributed by atoms with Crippen LogP contribution in [-0.4, -0.2) is 11.8 Å². The number of hydrogen-bond acceptors (Lipinski definition) is 3. The van der Waals surface area contributed by atoms with Crippen LogP contribution in [0.15, 0.2) is 47.6 Å². The van der Waals surface area contributed by atoms with E-state index in [4.69, 9.17) is 28.9 Å². The van der Waals surface area contributed by atoms with Gasteiger partial charge in [-0.2, -0.15) is 13.2 Å². The normalized spacial score (nSPS) is 12.1. The summed E-state index contributed by atoms with van der Waals surface area (Å²) in [5.41, 5.74) is 4.61. The lowest BCUT2D eigenvalue weighted by atomic mass is 10.1. The fraction of sp³-hybridized carbons (Fsp3) is 0.0667. The molecule has 24 heavy (non-hydrogen) atoms. The molecule has 0 aromatic heterocycles. The maximum absolute atomic E-state index is 12.6. The Morgan fingerprint density at radius 1 is 1.12 bits per heavy atom. The Bertz CT molecular complexity index is 808. The van der Waals surface area contributed by atoms with Crippen LogP contribution in [0.1, 0.15) is 21.5 Å². The second-order valence-electron chi connectivity index (χ2n) is 4.56. The maximum atomic E-state index is 12.6. The summed E-state index contributed by atoms with van der Waals surface area (Å²) in [6, 6.07) is 8.11. The van der Waals surface area contributed by atoms with Crippen molar-refractivity contribution in [2.24, 2.45) is 10.9 Å². The molecular weight excluding hydrogens is 368 g/mol. The number of oxime groups is 1. The van der Waals surface area contributed by atoms with Crippen molar-refractivity contribution in [3.05, 3.63) is 69.2 Å². The first-order chi connectivity index (χ1) is 11.2. The standard InChI is InChI=1S/C15H9Cl2F3N2O2/c16-10-4-5-11(12(17)7-10)13(21)22-24-14(23)8-2-1-3-9(6-8)15(18,19)20/h1-7H,(H2,21,22). The Hall–Kier alpha value is -2.25. The van der Waals surface area contributed by atoms with E-state index < -0.39 is 17.7 Å². The lowest BCUT2D eigenvalue weighted by Crippen LogP contribution is -2.16. The second-order valence-corrected chi connectivity index (χ2v) is 5.40. The molecule has 0 saturated carbocycles. The first kappa shape index (κ1) is 18.1. The van der Waals surface area contributed by atoms with E-state index in [1.807, 2.05) is 0 Å². The monoisotopic (exact) mass is 376 g/mol. The number of benzene rings is 2. The Morgan fingerprint density at radius 3 is 2.46 bits per heavy atom.